The summed E-state index contributed by atoms with van der Waals surface area (Å²) >= 11 is 0. The van der Waals surface area contributed by atoms with Crippen LogP contribution >= 0.6 is 0 Å². The van der Waals surface area contributed by atoms with Gasteiger partial charge >= 0.3 is 0 Å². The third-order valence-corrected chi connectivity index (χ3v) is 5.49. The van der Waals surface area contributed by atoms with Crippen LogP contribution in [0.25, 0.3) is 11.3 Å². The Bertz CT molecular complexity index is 926. The van der Waals surface area contributed by atoms with E-state index in [0.29, 0.717) is 12.1 Å². The highest BCUT2D eigenvalue weighted by atomic mass is 15.2. The molecule has 3 heterocycles. The minimum atomic E-state index is 0.328. The molecule has 6 nitrogen and oxygen atoms in total. The molecule has 1 atom stereocenters. The Labute approximate surface area is 166 Å². The van der Waals surface area contributed by atoms with Crippen LogP contribution in [-0.4, -0.2) is 38.9 Å². The highest BCUT2D eigenvalue weighted by molar-refractivity contribution is 5.65. The standard InChI is InChI=1S/C22H28N6/c1-16(19-14-24-27(3)15-19)25-20-8-11-28(12-9-20)21-6-4-5-18(13-21)22-7-10-23-17(2)26-22/h4-7,10,13-16,20,25H,8-9,11-12H2,1-3H3/t16-/m0/s1. The second-order valence-corrected chi connectivity index (χ2v) is 7.64. The first-order chi connectivity index (χ1) is 13.6. The van der Waals surface area contributed by atoms with Crippen LogP contribution < -0.4 is 10.2 Å². The minimum absolute atomic E-state index is 0.328. The van der Waals surface area contributed by atoms with Crippen LogP contribution in [0, 0.1) is 6.92 Å². The predicted molar refractivity (Wildman–Crippen MR) is 112 cm³/mol. The van der Waals surface area contributed by atoms with E-state index in [4.69, 9.17) is 0 Å². The van der Waals surface area contributed by atoms with Gasteiger partial charge in [0.2, 0.25) is 0 Å². The van der Waals surface area contributed by atoms with Crippen molar-refractivity contribution in [3.8, 4) is 11.3 Å². The van der Waals surface area contributed by atoms with Crippen LogP contribution in [0.1, 0.15) is 37.2 Å². The average molecular weight is 377 g/mol. The van der Waals surface area contributed by atoms with Crippen LogP contribution in [0.5, 0.6) is 0 Å². The van der Waals surface area contributed by atoms with Crippen molar-refractivity contribution in [2.24, 2.45) is 7.05 Å². The zero-order chi connectivity index (χ0) is 19.5. The quantitative estimate of drug-likeness (QED) is 0.738. The SMILES string of the molecule is Cc1nccc(-c2cccc(N3CCC(N[C@@H](C)c4cnn(C)c4)CC3)c2)n1. The van der Waals surface area contributed by atoms with Crippen molar-refractivity contribution in [3.63, 3.8) is 0 Å². The van der Waals surface area contributed by atoms with Gasteiger partial charge in [-0.05, 0) is 44.9 Å². The summed E-state index contributed by atoms with van der Waals surface area (Å²) in [5.74, 6) is 0.803. The summed E-state index contributed by atoms with van der Waals surface area (Å²) in [6, 6.07) is 11.5. The molecule has 1 aromatic carbocycles. The van der Waals surface area contributed by atoms with Gasteiger partial charge in [-0.15, -0.1) is 0 Å². The monoisotopic (exact) mass is 376 g/mol. The average Bonchev–Trinajstić information content (AvgIpc) is 3.15. The van der Waals surface area contributed by atoms with Gasteiger partial charge in [0.05, 0.1) is 11.9 Å². The van der Waals surface area contributed by atoms with E-state index in [-0.39, 0.29) is 0 Å². The van der Waals surface area contributed by atoms with Gasteiger partial charge in [0.1, 0.15) is 5.82 Å². The van der Waals surface area contributed by atoms with E-state index < -0.39 is 0 Å². The summed E-state index contributed by atoms with van der Waals surface area (Å²) in [6.07, 6.45) is 8.15. The molecule has 1 N–H and O–H groups in total. The fourth-order valence-corrected chi connectivity index (χ4v) is 3.90. The van der Waals surface area contributed by atoms with E-state index >= 15 is 0 Å². The van der Waals surface area contributed by atoms with Gasteiger partial charge in [-0.25, -0.2) is 9.97 Å². The molecule has 1 aliphatic heterocycles. The molecule has 6 heteroatoms. The Kier molecular flexibility index (Phi) is 5.39. The second-order valence-electron chi connectivity index (χ2n) is 7.64. The van der Waals surface area contributed by atoms with Crippen LogP contribution in [0.3, 0.4) is 0 Å². The predicted octanol–water partition coefficient (Wildman–Crippen LogP) is 3.51. The van der Waals surface area contributed by atoms with Crippen LogP contribution in [0.15, 0.2) is 48.9 Å². The van der Waals surface area contributed by atoms with Gasteiger partial charge in [-0.1, -0.05) is 12.1 Å². The van der Waals surface area contributed by atoms with Gasteiger partial charge in [-0.2, -0.15) is 5.10 Å². The first-order valence-corrected chi connectivity index (χ1v) is 9.98. The lowest BCUT2D eigenvalue weighted by molar-refractivity contribution is 0.381. The van der Waals surface area contributed by atoms with Crippen LogP contribution in [0.2, 0.25) is 0 Å². The molecule has 28 heavy (non-hydrogen) atoms. The fourth-order valence-electron chi connectivity index (χ4n) is 3.90. The number of anilines is 1. The molecular formula is C22H28N6. The molecule has 0 radical (unpaired) electrons. The molecule has 1 saturated heterocycles. The highest BCUT2D eigenvalue weighted by Gasteiger charge is 2.21. The van der Waals surface area contributed by atoms with Gasteiger partial charge in [-0.3, -0.25) is 4.68 Å². The number of nitrogens with one attached hydrogen (secondary N) is 1. The van der Waals surface area contributed by atoms with E-state index in [1.165, 1.54) is 11.3 Å². The summed E-state index contributed by atoms with van der Waals surface area (Å²) in [5.41, 5.74) is 4.65. The summed E-state index contributed by atoms with van der Waals surface area (Å²) in [6.45, 7) is 6.27. The van der Waals surface area contributed by atoms with E-state index in [1.54, 1.807) is 0 Å². The van der Waals surface area contributed by atoms with Crippen LogP contribution in [0.4, 0.5) is 5.69 Å². The van der Waals surface area contributed by atoms with Gasteiger partial charge in [0.15, 0.2) is 0 Å². The molecular weight excluding hydrogens is 348 g/mol. The lowest BCUT2D eigenvalue weighted by Crippen LogP contribution is -2.43. The smallest absolute Gasteiger partial charge is 0.125 e. The second kappa shape index (κ2) is 8.10. The molecule has 2 aromatic heterocycles. The molecule has 0 amide bonds. The number of nitrogens with zero attached hydrogens (tertiary/aromatic N) is 5. The molecule has 3 aromatic rings. The zero-order valence-electron chi connectivity index (χ0n) is 16.8. The van der Waals surface area contributed by atoms with E-state index in [1.807, 2.05) is 37.1 Å². The fraction of sp³-hybridized carbons (Fsp3) is 0.409. The van der Waals surface area contributed by atoms with Crippen molar-refractivity contribution < 1.29 is 0 Å². The number of rotatable bonds is 5. The molecule has 4 rings (SSSR count). The van der Waals surface area contributed by atoms with Gasteiger partial charge in [0.25, 0.3) is 0 Å². The van der Waals surface area contributed by atoms with Crippen molar-refractivity contribution in [2.45, 2.75) is 38.8 Å². The number of aryl methyl sites for hydroxylation is 2. The number of piperidine rings is 1. The maximum absolute atomic E-state index is 4.56. The highest BCUT2D eigenvalue weighted by Crippen LogP contribution is 2.26. The normalized spacial score (nSPS) is 16.3. The Morgan fingerprint density at radius 1 is 1.18 bits per heavy atom. The number of aromatic nitrogens is 4. The first kappa shape index (κ1) is 18.6. The first-order valence-electron chi connectivity index (χ1n) is 9.98. The molecule has 0 spiro atoms. The maximum Gasteiger partial charge on any atom is 0.125 e. The molecule has 1 aliphatic rings. The van der Waals surface area contributed by atoms with Crippen molar-refractivity contribution in [1.82, 2.24) is 25.1 Å². The number of hydrogen-bond donors (Lipinski definition) is 1. The number of benzene rings is 1. The Balaban J connectivity index is 1.38. The van der Waals surface area contributed by atoms with Crippen molar-refractivity contribution in [3.05, 3.63) is 60.3 Å². The third kappa shape index (κ3) is 4.22. The topological polar surface area (TPSA) is 58.9 Å². The van der Waals surface area contributed by atoms with Crippen molar-refractivity contribution in [2.75, 3.05) is 18.0 Å². The van der Waals surface area contributed by atoms with Crippen LogP contribution in [-0.2, 0) is 7.05 Å². The Morgan fingerprint density at radius 3 is 2.71 bits per heavy atom. The van der Waals surface area contributed by atoms with E-state index in [9.17, 15) is 0 Å². The maximum atomic E-state index is 4.56. The van der Waals surface area contributed by atoms with E-state index in [2.05, 4.69) is 62.7 Å². The largest absolute Gasteiger partial charge is 0.371 e. The molecule has 0 aliphatic carbocycles. The lowest BCUT2D eigenvalue weighted by Gasteiger charge is -2.35. The Hall–Kier alpha value is -2.73. The lowest BCUT2D eigenvalue weighted by atomic mass is 10.0. The number of hydrogen-bond acceptors (Lipinski definition) is 5. The van der Waals surface area contributed by atoms with Gasteiger partial charge in [0, 0.05) is 61.4 Å². The Morgan fingerprint density at radius 2 is 2.00 bits per heavy atom. The molecule has 0 bridgehead atoms. The third-order valence-electron chi connectivity index (χ3n) is 5.49. The summed E-state index contributed by atoms with van der Waals surface area (Å²) in [5, 5.41) is 8.05. The zero-order valence-corrected chi connectivity index (χ0v) is 16.8. The van der Waals surface area contributed by atoms with E-state index in [0.717, 1.165) is 43.0 Å². The summed E-state index contributed by atoms with van der Waals surface area (Å²) < 4.78 is 1.86. The minimum Gasteiger partial charge on any atom is -0.371 e. The molecule has 0 unspecified atom stereocenters. The van der Waals surface area contributed by atoms with Gasteiger partial charge < -0.3 is 10.2 Å². The summed E-state index contributed by atoms with van der Waals surface area (Å²) in [7, 11) is 1.96. The van der Waals surface area contributed by atoms with Crippen molar-refractivity contribution >= 4 is 5.69 Å². The summed E-state index contributed by atoms with van der Waals surface area (Å²) in [4.78, 5) is 11.2. The molecule has 1 fully saturated rings. The molecule has 146 valence electrons. The van der Waals surface area contributed by atoms with Crippen molar-refractivity contribution in [1.29, 1.82) is 0 Å². The molecule has 0 saturated carbocycles.